The Hall–Kier alpha value is -0.330. The summed E-state index contributed by atoms with van der Waals surface area (Å²) in [5.74, 6) is 3.10. The number of carbonyl (C=O) groups excluding carboxylic acids is 1. The molecular weight excluding hydrogens is 196 g/mol. The Bertz CT molecular complexity index is 343. The molecule has 0 heterocycles. The summed E-state index contributed by atoms with van der Waals surface area (Å²) in [6.07, 6.45) is 4.95. The van der Waals surface area contributed by atoms with Crippen LogP contribution in [0.15, 0.2) is 0 Å². The number of fused-ring (bicyclic) bond motifs is 3. The molecule has 16 heavy (non-hydrogen) atoms. The van der Waals surface area contributed by atoms with E-state index in [2.05, 4.69) is 27.7 Å². The highest BCUT2D eigenvalue weighted by molar-refractivity contribution is 5.83. The van der Waals surface area contributed by atoms with Crippen LogP contribution in [-0.4, -0.2) is 5.78 Å². The molecule has 0 aromatic carbocycles. The lowest BCUT2D eigenvalue weighted by Crippen LogP contribution is -2.33. The van der Waals surface area contributed by atoms with Gasteiger partial charge in [0.1, 0.15) is 5.78 Å². The second-order valence-electron chi connectivity index (χ2n) is 7.62. The first-order chi connectivity index (χ1) is 7.35. The fraction of sp³-hybridized carbons (Fsp3) is 0.933. The van der Waals surface area contributed by atoms with Crippen molar-refractivity contribution in [3.8, 4) is 0 Å². The van der Waals surface area contributed by atoms with E-state index in [4.69, 9.17) is 0 Å². The summed E-state index contributed by atoms with van der Waals surface area (Å²) in [5.41, 5.74) is 1.01. The normalized spacial score (nSPS) is 54.1. The van der Waals surface area contributed by atoms with Gasteiger partial charge in [0.2, 0.25) is 0 Å². The van der Waals surface area contributed by atoms with Gasteiger partial charge in [-0.2, -0.15) is 0 Å². The summed E-state index contributed by atoms with van der Waals surface area (Å²) in [6.45, 7) is 9.54. The molecule has 3 rings (SSSR count). The summed E-state index contributed by atoms with van der Waals surface area (Å²) in [4.78, 5) is 11.9. The molecule has 0 amide bonds. The average molecular weight is 220 g/mol. The van der Waals surface area contributed by atoms with Crippen molar-refractivity contribution in [2.24, 2.45) is 34.5 Å². The Labute approximate surface area is 99.0 Å². The zero-order valence-electron chi connectivity index (χ0n) is 11.0. The van der Waals surface area contributed by atoms with Crippen LogP contribution in [0.4, 0.5) is 0 Å². The molecule has 0 radical (unpaired) electrons. The molecule has 0 N–H and O–H groups in total. The van der Waals surface area contributed by atoms with Gasteiger partial charge in [0.05, 0.1) is 0 Å². The van der Waals surface area contributed by atoms with E-state index >= 15 is 0 Å². The van der Waals surface area contributed by atoms with Crippen LogP contribution in [0.1, 0.15) is 53.4 Å². The van der Waals surface area contributed by atoms with Gasteiger partial charge in [-0.05, 0) is 47.8 Å². The molecule has 3 saturated carbocycles. The van der Waals surface area contributed by atoms with Crippen LogP contribution in [0.25, 0.3) is 0 Å². The first-order valence-corrected chi connectivity index (χ1v) is 6.88. The van der Waals surface area contributed by atoms with Gasteiger partial charge in [-0.15, -0.1) is 0 Å². The smallest absolute Gasteiger partial charge is 0.136 e. The SMILES string of the molecule is CC1C(=O)CC2C[C@]3(C)CCC(C)(C)C3C21. The number of hydrogen-bond acceptors (Lipinski definition) is 1. The Morgan fingerprint density at radius 3 is 2.56 bits per heavy atom. The van der Waals surface area contributed by atoms with E-state index in [-0.39, 0.29) is 0 Å². The summed E-state index contributed by atoms with van der Waals surface area (Å²) in [6, 6.07) is 0. The highest BCUT2D eigenvalue weighted by Crippen LogP contribution is 2.69. The number of hydrogen-bond donors (Lipinski definition) is 0. The van der Waals surface area contributed by atoms with Gasteiger partial charge >= 0.3 is 0 Å². The van der Waals surface area contributed by atoms with Crippen LogP contribution in [0.3, 0.4) is 0 Å². The predicted molar refractivity (Wildman–Crippen MR) is 65.0 cm³/mol. The monoisotopic (exact) mass is 220 g/mol. The first kappa shape index (κ1) is 10.8. The molecule has 0 spiro atoms. The minimum Gasteiger partial charge on any atom is -0.299 e. The van der Waals surface area contributed by atoms with Crippen LogP contribution in [0.2, 0.25) is 0 Å². The van der Waals surface area contributed by atoms with Gasteiger partial charge in [-0.1, -0.05) is 27.7 Å². The molecule has 3 aliphatic carbocycles. The maximum Gasteiger partial charge on any atom is 0.136 e. The Kier molecular flexibility index (Phi) is 1.97. The molecule has 3 aliphatic rings. The predicted octanol–water partition coefficient (Wildman–Crippen LogP) is 3.67. The Morgan fingerprint density at radius 2 is 1.88 bits per heavy atom. The zero-order valence-corrected chi connectivity index (χ0v) is 11.0. The van der Waals surface area contributed by atoms with Gasteiger partial charge in [0, 0.05) is 12.3 Å². The highest BCUT2D eigenvalue weighted by atomic mass is 16.1. The van der Waals surface area contributed by atoms with E-state index < -0.39 is 0 Å². The maximum absolute atomic E-state index is 11.9. The van der Waals surface area contributed by atoms with Crippen molar-refractivity contribution in [3.05, 3.63) is 0 Å². The molecule has 0 aliphatic heterocycles. The van der Waals surface area contributed by atoms with Crippen molar-refractivity contribution in [2.45, 2.75) is 53.4 Å². The molecule has 1 nitrogen and oxygen atoms in total. The van der Waals surface area contributed by atoms with E-state index in [1.807, 2.05) is 0 Å². The fourth-order valence-corrected chi connectivity index (χ4v) is 5.65. The topological polar surface area (TPSA) is 17.1 Å². The zero-order chi connectivity index (χ0) is 11.7. The third-order valence-electron chi connectivity index (χ3n) is 6.14. The lowest BCUT2D eigenvalue weighted by atomic mass is 9.67. The lowest BCUT2D eigenvalue weighted by Gasteiger charge is -2.37. The molecule has 5 atom stereocenters. The fourth-order valence-electron chi connectivity index (χ4n) is 5.65. The van der Waals surface area contributed by atoms with Gasteiger partial charge in [-0.3, -0.25) is 4.79 Å². The minimum atomic E-state index is 0.342. The molecule has 3 fully saturated rings. The quantitative estimate of drug-likeness (QED) is 0.608. The standard InChI is InChI=1S/C15H24O/c1-9-11(16)7-10-8-15(4)6-5-14(2,3)13(15)12(9)10/h9-10,12-13H,5-8H2,1-4H3/t9?,10?,12?,13?,15-/m0/s1. The Morgan fingerprint density at radius 1 is 1.19 bits per heavy atom. The molecule has 4 unspecified atom stereocenters. The number of carbonyl (C=O) groups is 1. The van der Waals surface area contributed by atoms with Crippen LogP contribution < -0.4 is 0 Å². The van der Waals surface area contributed by atoms with E-state index in [1.54, 1.807) is 0 Å². The van der Waals surface area contributed by atoms with Crippen molar-refractivity contribution in [1.29, 1.82) is 0 Å². The third-order valence-corrected chi connectivity index (χ3v) is 6.14. The summed E-state index contributed by atoms with van der Waals surface area (Å²) < 4.78 is 0. The van der Waals surface area contributed by atoms with E-state index in [0.29, 0.717) is 28.4 Å². The molecule has 1 heteroatoms. The van der Waals surface area contributed by atoms with Crippen LogP contribution in [0, 0.1) is 34.5 Å². The maximum atomic E-state index is 11.9. The van der Waals surface area contributed by atoms with Gasteiger partial charge in [0.15, 0.2) is 0 Å². The van der Waals surface area contributed by atoms with E-state index in [9.17, 15) is 4.79 Å². The second-order valence-corrected chi connectivity index (χ2v) is 7.62. The van der Waals surface area contributed by atoms with Crippen molar-refractivity contribution < 1.29 is 4.79 Å². The molecule has 0 aromatic rings. The Balaban J connectivity index is 2.01. The minimum absolute atomic E-state index is 0.342. The number of rotatable bonds is 0. The van der Waals surface area contributed by atoms with Crippen molar-refractivity contribution in [2.75, 3.05) is 0 Å². The number of ketones is 1. The van der Waals surface area contributed by atoms with Crippen LogP contribution in [0.5, 0.6) is 0 Å². The second kappa shape index (κ2) is 2.91. The summed E-state index contributed by atoms with van der Waals surface area (Å²) >= 11 is 0. The summed E-state index contributed by atoms with van der Waals surface area (Å²) in [7, 11) is 0. The van der Waals surface area contributed by atoms with Crippen molar-refractivity contribution in [3.63, 3.8) is 0 Å². The third kappa shape index (κ3) is 1.15. The highest BCUT2D eigenvalue weighted by Gasteiger charge is 2.63. The van der Waals surface area contributed by atoms with Gasteiger partial charge in [-0.25, -0.2) is 0 Å². The summed E-state index contributed by atoms with van der Waals surface area (Å²) in [5, 5.41) is 0. The number of Topliss-reactive ketones (excluding diaryl/α,β-unsaturated/α-hetero) is 1. The van der Waals surface area contributed by atoms with E-state index in [1.165, 1.54) is 19.3 Å². The lowest BCUT2D eigenvalue weighted by molar-refractivity contribution is -0.121. The molecule has 0 bridgehead atoms. The van der Waals surface area contributed by atoms with Crippen LogP contribution in [-0.2, 0) is 4.79 Å². The van der Waals surface area contributed by atoms with Crippen molar-refractivity contribution in [1.82, 2.24) is 0 Å². The van der Waals surface area contributed by atoms with Crippen LogP contribution >= 0.6 is 0 Å². The molecule has 0 aromatic heterocycles. The average Bonchev–Trinajstić information content (AvgIpc) is 2.67. The molecule has 0 saturated heterocycles. The first-order valence-electron chi connectivity index (χ1n) is 6.88. The largest absolute Gasteiger partial charge is 0.299 e. The van der Waals surface area contributed by atoms with Gasteiger partial charge < -0.3 is 0 Å². The van der Waals surface area contributed by atoms with E-state index in [0.717, 1.165) is 18.3 Å². The molecule has 90 valence electrons. The van der Waals surface area contributed by atoms with Gasteiger partial charge in [0.25, 0.3) is 0 Å². The molecular formula is C15H24O. The van der Waals surface area contributed by atoms with Crippen molar-refractivity contribution >= 4 is 5.78 Å².